The second kappa shape index (κ2) is 5.53. The third-order valence-electron chi connectivity index (χ3n) is 2.35. The van der Waals surface area contributed by atoms with Gasteiger partial charge in [-0.3, -0.25) is 10.1 Å². The first kappa shape index (κ1) is 13.7. The van der Waals surface area contributed by atoms with Gasteiger partial charge in [-0.25, -0.2) is 4.79 Å². The highest BCUT2D eigenvalue weighted by Gasteiger charge is 2.20. The number of carboxylic acids is 1. The number of carbonyl (C=O) groups is 1. The fraction of sp³-hybridized carbons (Fsp3) is 0.100. The van der Waals surface area contributed by atoms with Crippen molar-refractivity contribution in [1.29, 1.82) is 0 Å². The van der Waals surface area contributed by atoms with Crippen LogP contribution in [0, 0.1) is 10.1 Å². The van der Waals surface area contributed by atoms with Crippen LogP contribution in [0.1, 0.15) is 16.2 Å². The molecule has 0 bridgehead atoms. The van der Waals surface area contributed by atoms with Crippen LogP contribution < -0.4 is 5.32 Å². The Labute approximate surface area is 116 Å². The number of nitrogens with one attached hydrogen (secondary N) is 1. The number of rotatable bonds is 5. The van der Waals surface area contributed by atoms with Gasteiger partial charge in [-0.15, -0.1) is 0 Å². The minimum absolute atomic E-state index is 0.0505. The number of nitrogens with zero attached hydrogens (tertiary/aromatic N) is 3. The van der Waals surface area contributed by atoms with Crippen LogP contribution in [0.2, 0.25) is 5.02 Å². The van der Waals surface area contributed by atoms with Crippen molar-refractivity contribution in [1.82, 2.24) is 10.1 Å². The first-order chi connectivity index (χ1) is 9.49. The molecular weight excluding hydrogens is 292 g/mol. The highest BCUT2D eigenvalue weighted by Crippen LogP contribution is 2.31. The summed E-state index contributed by atoms with van der Waals surface area (Å²) in [6.45, 7) is 0.0638. The topological polar surface area (TPSA) is 131 Å². The molecule has 104 valence electrons. The fourth-order valence-corrected chi connectivity index (χ4v) is 1.76. The summed E-state index contributed by atoms with van der Waals surface area (Å²) in [6.07, 6.45) is 1.12. The number of anilines is 1. The fourth-order valence-electron chi connectivity index (χ4n) is 1.48. The zero-order valence-electron chi connectivity index (χ0n) is 9.74. The maximum atomic E-state index is 11.1. The summed E-state index contributed by atoms with van der Waals surface area (Å²) in [5.74, 6) is -1.05. The second-order valence-corrected chi connectivity index (χ2v) is 4.02. The molecule has 20 heavy (non-hydrogen) atoms. The number of nitro groups is 1. The molecule has 2 N–H and O–H groups in total. The molecule has 0 saturated carbocycles. The third kappa shape index (κ3) is 2.83. The summed E-state index contributed by atoms with van der Waals surface area (Å²) in [5, 5.41) is 25.9. The summed E-state index contributed by atoms with van der Waals surface area (Å²) >= 11 is 5.87. The molecule has 0 radical (unpaired) electrons. The average Bonchev–Trinajstić information content (AvgIpc) is 2.89. The quantitative estimate of drug-likeness (QED) is 0.632. The zero-order valence-corrected chi connectivity index (χ0v) is 10.5. The minimum Gasteiger partial charge on any atom is -0.478 e. The average molecular weight is 299 g/mol. The van der Waals surface area contributed by atoms with E-state index in [0.717, 1.165) is 18.5 Å². The summed E-state index contributed by atoms with van der Waals surface area (Å²) in [4.78, 5) is 24.8. The Kier molecular flexibility index (Phi) is 3.80. The Bertz CT molecular complexity index is 658. The van der Waals surface area contributed by atoms with Gasteiger partial charge in [0.1, 0.15) is 0 Å². The van der Waals surface area contributed by atoms with Gasteiger partial charge in [0.2, 0.25) is 6.39 Å². The first-order valence-corrected chi connectivity index (χ1v) is 5.57. The molecule has 0 aliphatic carbocycles. The van der Waals surface area contributed by atoms with Crippen molar-refractivity contribution in [3.63, 3.8) is 0 Å². The molecule has 0 spiro atoms. The number of hydrogen-bond acceptors (Lipinski definition) is 7. The van der Waals surface area contributed by atoms with Crippen molar-refractivity contribution < 1.29 is 19.3 Å². The monoisotopic (exact) mass is 298 g/mol. The van der Waals surface area contributed by atoms with E-state index in [0.29, 0.717) is 0 Å². The van der Waals surface area contributed by atoms with E-state index < -0.39 is 16.6 Å². The number of benzene rings is 1. The van der Waals surface area contributed by atoms with E-state index in [-0.39, 0.29) is 28.6 Å². The van der Waals surface area contributed by atoms with Crippen LogP contribution in [0.5, 0.6) is 0 Å². The lowest BCUT2D eigenvalue weighted by Crippen LogP contribution is -2.08. The first-order valence-electron chi connectivity index (χ1n) is 5.19. The number of aromatic nitrogens is 2. The SMILES string of the molecule is O=C(O)c1cc([N+](=O)[O-])cc(Cl)c1NCc1ncon1. The van der Waals surface area contributed by atoms with Gasteiger partial charge in [0, 0.05) is 12.1 Å². The molecule has 0 fully saturated rings. The van der Waals surface area contributed by atoms with Crippen LogP contribution in [0.15, 0.2) is 23.0 Å². The number of nitro benzene ring substituents is 1. The van der Waals surface area contributed by atoms with Crippen molar-refractivity contribution in [2.24, 2.45) is 0 Å². The molecule has 0 saturated heterocycles. The minimum atomic E-state index is -1.34. The number of carboxylic acid groups (broad SMARTS) is 1. The van der Waals surface area contributed by atoms with Crippen LogP contribution in [0.25, 0.3) is 0 Å². The van der Waals surface area contributed by atoms with E-state index in [2.05, 4.69) is 20.0 Å². The van der Waals surface area contributed by atoms with Gasteiger partial charge in [-0.2, -0.15) is 4.98 Å². The van der Waals surface area contributed by atoms with Gasteiger partial charge < -0.3 is 14.9 Å². The molecule has 2 aromatic rings. The van der Waals surface area contributed by atoms with Gasteiger partial charge in [0.05, 0.1) is 27.7 Å². The van der Waals surface area contributed by atoms with Crippen molar-refractivity contribution in [3.8, 4) is 0 Å². The maximum Gasteiger partial charge on any atom is 0.338 e. The summed E-state index contributed by atoms with van der Waals surface area (Å²) in [7, 11) is 0. The maximum absolute atomic E-state index is 11.1. The Morgan fingerprint density at radius 1 is 1.55 bits per heavy atom. The zero-order chi connectivity index (χ0) is 14.7. The highest BCUT2D eigenvalue weighted by molar-refractivity contribution is 6.34. The molecule has 10 heteroatoms. The lowest BCUT2D eigenvalue weighted by Gasteiger charge is -2.09. The largest absolute Gasteiger partial charge is 0.478 e. The summed E-state index contributed by atoms with van der Waals surface area (Å²) in [6, 6.07) is 1.99. The van der Waals surface area contributed by atoms with E-state index in [1.54, 1.807) is 0 Å². The number of non-ortho nitro benzene ring substituents is 1. The molecule has 0 aliphatic heterocycles. The lowest BCUT2D eigenvalue weighted by atomic mass is 10.1. The number of halogens is 1. The van der Waals surface area contributed by atoms with Crippen LogP contribution in [0.4, 0.5) is 11.4 Å². The van der Waals surface area contributed by atoms with Crippen molar-refractivity contribution >= 4 is 28.9 Å². The molecular formula is C10H7ClN4O5. The Balaban J connectivity index is 2.35. The van der Waals surface area contributed by atoms with Crippen LogP contribution in [-0.4, -0.2) is 26.1 Å². The standard InChI is InChI=1S/C10H7ClN4O5/c11-7-2-5(15(18)19)1-6(10(16)17)9(7)12-3-8-13-4-20-14-8/h1-2,4,12H,3H2,(H,16,17). The van der Waals surface area contributed by atoms with Crippen LogP contribution in [0.3, 0.4) is 0 Å². The predicted molar refractivity (Wildman–Crippen MR) is 66.7 cm³/mol. The second-order valence-electron chi connectivity index (χ2n) is 3.61. The van der Waals surface area contributed by atoms with Crippen molar-refractivity contribution in [2.45, 2.75) is 6.54 Å². The van der Waals surface area contributed by atoms with Gasteiger partial charge in [0.15, 0.2) is 5.82 Å². The molecule has 0 amide bonds. The molecule has 1 aromatic heterocycles. The van der Waals surface area contributed by atoms with Gasteiger partial charge in [0.25, 0.3) is 5.69 Å². The van der Waals surface area contributed by atoms with Crippen LogP contribution in [-0.2, 0) is 6.54 Å². The third-order valence-corrected chi connectivity index (χ3v) is 2.64. The van der Waals surface area contributed by atoms with E-state index in [9.17, 15) is 14.9 Å². The normalized spacial score (nSPS) is 10.2. The number of hydrogen-bond donors (Lipinski definition) is 2. The number of aromatic carboxylic acids is 1. The molecule has 2 rings (SSSR count). The van der Waals surface area contributed by atoms with E-state index in [4.69, 9.17) is 16.7 Å². The molecule has 0 unspecified atom stereocenters. The summed E-state index contributed by atoms with van der Waals surface area (Å²) < 4.78 is 4.52. The molecule has 9 nitrogen and oxygen atoms in total. The van der Waals surface area contributed by atoms with Crippen molar-refractivity contribution in [3.05, 3.63) is 45.1 Å². The van der Waals surface area contributed by atoms with Crippen molar-refractivity contribution in [2.75, 3.05) is 5.32 Å². The molecule has 1 aromatic carbocycles. The van der Waals surface area contributed by atoms with Gasteiger partial charge in [-0.1, -0.05) is 16.8 Å². The Morgan fingerprint density at radius 2 is 2.30 bits per heavy atom. The van der Waals surface area contributed by atoms with E-state index >= 15 is 0 Å². The lowest BCUT2D eigenvalue weighted by molar-refractivity contribution is -0.384. The van der Waals surface area contributed by atoms with Crippen LogP contribution >= 0.6 is 11.6 Å². The Morgan fingerprint density at radius 3 is 2.85 bits per heavy atom. The molecule has 0 atom stereocenters. The molecule has 1 heterocycles. The summed E-state index contributed by atoms with van der Waals surface area (Å²) in [5.41, 5.74) is -0.667. The van der Waals surface area contributed by atoms with Gasteiger partial charge >= 0.3 is 5.97 Å². The molecule has 0 aliphatic rings. The highest BCUT2D eigenvalue weighted by atomic mass is 35.5. The smallest absolute Gasteiger partial charge is 0.338 e. The Hall–Kier alpha value is -2.68. The van der Waals surface area contributed by atoms with E-state index in [1.165, 1.54) is 0 Å². The van der Waals surface area contributed by atoms with Gasteiger partial charge in [-0.05, 0) is 0 Å². The predicted octanol–water partition coefficient (Wildman–Crippen LogP) is 1.94. The van der Waals surface area contributed by atoms with E-state index in [1.807, 2.05) is 0 Å².